The summed E-state index contributed by atoms with van der Waals surface area (Å²) in [7, 11) is 0.186. The molecule has 4 heteroatoms. The van der Waals surface area contributed by atoms with Gasteiger partial charge in [0.15, 0.2) is 0 Å². The van der Waals surface area contributed by atoms with Crippen molar-refractivity contribution >= 4 is 31.1 Å². The number of hydrogen-bond acceptors (Lipinski definition) is 2. The summed E-state index contributed by atoms with van der Waals surface area (Å²) in [6, 6.07) is 5.65. The van der Waals surface area contributed by atoms with Gasteiger partial charge in [-0.05, 0) is 36.6 Å². The van der Waals surface area contributed by atoms with Crippen LogP contribution in [0.1, 0.15) is 32.3 Å². The van der Waals surface area contributed by atoms with Crippen LogP contribution in [0.25, 0.3) is 0 Å². The number of benzene rings is 1. The Morgan fingerprint density at radius 2 is 2.22 bits per heavy atom. The molecule has 0 fully saturated rings. The highest BCUT2D eigenvalue weighted by Gasteiger charge is 2.13. The first-order chi connectivity index (χ1) is 8.60. The van der Waals surface area contributed by atoms with E-state index in [1.54, 1.807) is 6.92 Å². The van der Waals surface area contributed by atoms with Crippen LogP contribution < -0.4 is 9.92 Å². The molecule has 0 aliphatic carbocycles. The lowest BCUT2D eigenvalue weighted by Gasteiger charge is -2.13. The fourth-order valence-corrected chi connectivity index (χ4v) is 2.60. The Balaban J connectivity index is 3.01. The van der Waals surface area contributed by atoms with E-state index in [4.69, 9.17) is 15.8 Å². The molecular formula is C14H17ClO2Si. The van der Waals surface area contributed by atoms with E-state index >= 15 is 0 Å². The third-order valence-electron chi connectivity index (χ3n) is 2.57. The molecule has 0 unspecified atom stereocenters. The summed E-state index contributed by atoms with van der Waals surface area (Å²) in [5, 5.41) is 1.05. The normalized spacial score (nSPS) is 10.2. The van der Waals surface area contributed by atoms with E-state index in [9.17, 15) is 4.79 Å². The van der Waals surface area contributed by atoms with E-state index in [1.807, 2.05) is 18.2 Å². The van der Waals surface area contributed by atoms with Gasteiger partial charge in [-0.15, -0.1) is 0 Å². The van der Waals surface area contributed by atoms with E-state index in [0.717, 1.165) is 30.0 Å². The number of halogens is 1. The second-order valence-corrected chi connectivity index (χ2v) is 5.44. The maximum atomic E-state index is 11.6. The van der Waals surface area contributed by atoms with Gasteiger partial charge in [0.1, 0.15) is 5.75 Å². The van der Waals surface area contributed by atoms with E-state index in [2.05, 4.69) is 13.5 Å². The highest BCUT2D eigenvalue weighted by molar-refractivity contribution is 7.01. The Hall–Kier alpha value is -1.06. The molecule has 0 saturated carbocycles. The number of carbonyl (C=O) groups excluding carboxylic acids is 1. The van der Waals surface area contributed by atoms with Crippen molar-refractivity contribution in [3.8, 4) is 5.75 Å². The molecule has 0 N–H and O–H groups in total. The summed E-state index contributed by atoms with van der Waals surface area (Å²) in [6.45, 7) is 7.36. The molecule has 1 aromatic carbocycles. The molecule has 2 nitrogen and oxygen atoms in total. The third-order valence-corrected chi connectivity index (χ3v) is 3.85. The van der Waals surface area contributed by atoms with Crippen LogP contribution in [0.15, 0.2) is 30.4 Å². The van der Waals surface area contributed by atoms with Crippen molar-refractivity contribution in [2.75, 3.05) is 0 Å². The second-order valence-electron chi connectivity index (χ2n) is 4.15. The lowest BCUT2D eigenvalue weighted by atomic mass is 10.1. The molecule has 0 saturated heterocycles. The highest BCUT2D eigenvalue weighted by atomic mass is 35.6. The van der Waals surface area contributed by atoms with Crippen molar-refractivity contribution < 1.29 is 9.53 Å². The zero-order valence-corrected chi connectivity index (χ0v) is 12.5. The number of ether oxygens (including phenoxy) is 1. The van der Waals surface area contributed by atoms with Crippen molar-refractivity contribution in [2.24, 2.45) is 0 Å². The molecule has 2 radical (unpaired) electrons. The average Bonchev–Trinajstić information content (AvgIpc) is 2.36. The van der Waals surface area contributed by atoms with Crippen LogP contribution in [-0.4, -0.2) is 14.8 Å². The first-order valence-electron chi connectivity index (χ1n) is 5.96. The van der Waals surface area contributed by atoms with Crippen LogP contribution in [0, 0.1) is 0 Å². The lowest BCUT2D eigenvalue weighted by molar-refractivity contribution is -0.130. The molecule has 0 spiro atoms. The molecule has 18 heavy (non-hydrogen) atoms. The zero-order chi connectivity index (χ0) is 13.5. The predicted octanol–water partition coefficient (Wildman–Crippen LogP) is 2.99. The molecule has 0 aromatic heterocycles. The molecule has 0 bridgehead atoms. The summed E-state index contributed by atoms with van der Waals surface area (Å²) in [4.78, 5) is 11.6. The number of rotatable bonds is 6. The maximum absolute atomic E-state index is 11.6. The van der Waals surface area contributed by atoms with Gasteiger partial charge in [0.2, 0.25) is 8.83 Å². The van der Waals surface area contributed by atoms with Crippen LogP contribution in [0.4, 0.5) is 0 Å². The van der Waals surface area contributed by atoms with Crippen LogP contribution in [0.3, 0.4) is 0 Å². The average molecular weight is 281 g/mol. The molecule has 0 atom stereocenters. The topological polar surface area (TPSA) is 26.3 Å². The van der Waals surface area contributed by atoms with Gasteiger partial charge in [0.05, 0.1) is 0 Å². The minimum atomic E-state index is -0.386. The van der Waals surface area contributed by atoms with Gasteiger partial charge in [-0.3, -0.25) is 0 Å². The summed E-state index contributed by atoms with van der Waals surface area (Å²) >= 11 is 5.95. The fraction of sp³-hybridized carbons (Fsp3) is 0.357. The Labute approximate surface area is 116 Å². The van der Waals surface area contributed by atoms with Gasteiger partial charge >= 0.3 is 5.97 Å². The summed E-state index contributed by atoms with van der Waals surface area (Å²) in [5.41, 5.74) is 1.44. The molecule has 0 aliphatic heterocycles. The van der Waals surface area contributed by atoms with Gasteiger partial charge in [-0.25, -0.2) is 4.79 Å². The van der Waals surface area contributed by atoms with Gasteiger partial charge in [0.25, 0.3) is 0 Å². The maximum Gasteiger partial charge on any atom is 0.338 e. The quantitative estimate of drug-likeness (QED) is 0.263. The number of unbranched alkanes of at least 4 members (excludes halogenated alkanes) is 1. The largest absolute Gasteiger partial charge is 0.423 e. The van der Waals surface area contributed by atoms with Gasteiger partial charge in [0, 0.05) is 5.57 Å². The molecule has 0 amide bonds. The number of carbonyl (C=O) groups is 1. The monoisotopic (exact) mass is 280 g/mol. The van der Waals surface area contributed by atoms with Gasteiger partial charge < -0.3 is 4.74 Å². The lowest BCUT2D eigenvalue weighted by Crippen LogP contribution is -2.19. The van der Waals surface area contributed by atoms with Gasteiger partial charge in [-0.1, -0.05) is 32.1 Å². The Morgan fingerprint density at radius 3 is 2.78 bits per heavy atom. The van der Waals surface area contributed by atoms with E-state index in [-0.39, 0.29) is 14.8 Å². The molecule has 1 rings (SSSR count). The van der Waals surface area contributed by atoms with E-state index < -0.39 is 0 Å². The predicted molar refractivity (Wildman–Crippen MR) is 76.7 cm³/mol. The highest BCUT2D eigenvalue weighted by Crippen LogP contribution is 2.19. The molecule has 0 aliphatic rings. The Morgan fingerprint density at radius 1 is 1.50 bits per heavy atom. The fourth-order valence-electron chi connectivity index (χ4n) is 1.55. The number of hydrogen-bond donors (Lipinski definition) is 0. The van der Waals surface area contributed by atoms with Crippen molar-refractivity contribution in [3.63, 3.8) is 0 Å². The Kier molecular flexibility index (Phi) is 6.16. The van der Waals surface area contributed by atoms with Gasteiger partial charge in [-0.2, -0.15) is 11.1 Å². The van der Waals surface area contributed by atoms with Crippen LogP contribution in [-0.2, 0) is 11.2 Å². The minimum Gasteiger partial charge on any atom is -0.423 e. The second kappa shape index (κ2) is 7.39. The number of esters is 1. The molecular weight excluding hydrogens is 264 g/mol. The molecule has 1 aromatic rings. The minimum absolute atomic E-state index is 0.186. The smallest absolute Gasteiger partial charge is 0.338 e. The third kappa shape index (κ3) is 4.00. The first-order valence-corrected chi connectivity index (χ1v) is 7.97. The van der Waals surface area contributed by atoms with E-state index in [1.165, 1.54) is 0 Å². The SMILES string of the molecule is C=C(C)C(=O)Oc1cccc([Si]Cl)c1CCCC. The van der Waals surface area contributed by atoms with Crippen molar-refractivity contribution in [1.82, 2.24) is 0 Å². The summed E-state index contributed by atoms with van der Waals surface area (Å²) < 4.78 is 5.35. The molecule has 96 valence electrons. The van der Waals surface area contributed by atoms with Crippen LogP contribution >= 0.6 is 11.1 Å². The van der Waals surface area contributed by atoms with Crippen molar-refractivity contribution in [1.29, 1.82) is 0 Å². The molecule has 0 heterocycles. The van der Waals surface area contributed by atoms with Crippen LogP contribution in [0.5, 0.6) is 5.75 Å². The summed E-state index contributed by atoms with van der Waals surface area (Å²) in [6.07, 6.45) is 3.02. The summed E-state index contributed by atoms with van der Waals surface area (Å²) in [5.74, 6) is 0.227. The van der Waals surface area contributed by atoms with Crippen molar-refractivity contribution in [2.45, 2.75) is 33.1 Å². The standard InChI is InChI=1S/C14H17ClO2Si/c1-4-5-7-11-12(17-14(16)10(2)3)8-6-9-13(11)18-15/h6,8-9H,2,4-5,7H2,1,3H3. The van der Waals surface area contributed by atoms with Crippen LogP contribution in [0.2, 0.25) is 0 Å². The Bertz CT molecular complexity index is 443. The zero-order valence-electron chi connectivity index (χ0n) is 10.8. The van der Waals surface area contributed by atoms with Crippen molar-refractivity contribution in [3.05, 3.63) is 35.9 Å². The van der Waals surface area contributed by atoms with E-state index in [0.29, 0.717) is 11.3 Å². The first kappa shape index (κ1) is 15.0.